The molecular formula is C18H22N4O3. The van der Waals surface area contributed by atoms with E-state index in [0.717, 1.165) is 37.2 Å². The lowest BCUT2D eigenvalue weighted by atomic mass is 10.0. The third-order valence-corrected chi connectivity index (χ3v) is 5.25. The Kier molecular flexibility index (Phi) is 4.27. The molecule has 3 aliphatic rings. The van der Waals surface area contributed by atoms with Crippen molar-refractivity contribution < 1.29 is 14.4 Å². The third kappa shape index (κ3) is 3.17. The Morgan fingerprint density at radius 3 is 2.84 bits per heavy atom. The molecule has 25 heavy (non-hydrogen) atoms. The van der Waals surface area contributed by atoms with Gasteiger partial charge in [0.2, 0.25) is 11.8 Å². The normalized spacial score (nSPS) is 26.1. The first-order chi connectivity index (χ1) is 12.1. The molecule has 7 nitrogen and oxygen atoms in total. The molecule has 4 rings (SSSR count). The highest BCUT2D eigenvalue weighted by atomic mass is 16.2. The zero-order valence-corrected chi connectivity index (χ0v) is 14.0. The topological polar surface area (TPSA) is 90.5 Å². The predicted molar refractivity (Wildman–Crippen MR) is 90.6 cm³/mol. The number of fused-ring (bicyclic) bond motifs is 1. The van der Waals surface area contributed by atoms with Crippen LogP contribution in [0, 0.1) is 0 Å². The Morgan fingerprint density at radius 1 is 1.20 bits per heavy atom. The lowest BCUT2D eigenvalue weighted by Gasteiger charge is -2.29. The number of nitrogens with zero attached hydrogens (tertiary/aromatic N) is 1. The SMILES string of the molecule is O=C1CCC(N2Cc3ccc(CN[C@@H]4CCNC4)cc3C2=O)C(=O)N1. The van der Waals surface area contributed by atoms with E-state index in [1.165, 1.54) is 0 Å². The number of piperidine rings is 1. The lowest BCUT2D eigenvalue weighted by molar-refractivity contribution is -0.136. The molecule has 0 radical (unpaired) electrons. The molecule has 3 amide bonds. The molecule has 0 aliphatic carbocycles. The number of nitrogens with one attached hydrogen (secondary N) is 3. The van der Waals surface area contributed by atoms with Gasteiger partial charge in [0.05, 0.1) is 0 Å². The van der Waals surface area contributed by atoms with E-state index in [0.29, 0.717) is 24.6 Å². The highest BCUT2D eigenvalue weighted by Crippen LogP contribution is 2.28. The van der Waals surface area contributed by atoms with E-state index in [4.69, 9.17) is 0 Å². The second kappa shape index (κ2) is 6.57. The highest BCUT2D eigenvalue weighted by molar-refractivity contribution is 6.05. The molecule has 3 heterocycles. The van der Waals surface area contributed by atoms with Gasteiger partial charge in [-0.15, -0.1) is 0 Å². The van der Waals surface area contributed by atoms with Gasteiger partial charge in [0, 0.05) is 37.7 Å². The Bertz CT molecular complexity index is 727. The van der Waals surface area contributed by atoms with Crippen LogP contribution in [0.3, 0.4) is 0 Å². The fraction of sp³-hybridized carbons (Fsp3) is 0.500. The molecule has 2 atom stereocenters. The summed E-state index contributed by atoms with van der Waals surface area (Å²) >= 11 is 0. The van der Waals surface area contributed by atoms with E-state index in [1.54, 1.807) is 4.90 Å². The summed E-state index contributed by atoms with van der Waals surface area (Å²) in [6.07, 6.45) is 1.79. The molecule has 0 saturated carbocycles. The van der Waals surface area contributed by atoms with Crippen molar-refractivity contribution in [1.82, 2.24) is 20.9 Å². The molecule has 2 fully saturated rings. The van der Waals surface area contributed by atoms with Gasteiger partial charge >= 0.3 is 0 Å². The predicted octanol–water partition coefficient (Wildman–Crippen LogP) is -0.101. The largest absolute Gasteiger partial charge is 0.322 e. The van der Waals surface area contributed by atoms with Crippen LogP contribution in [-0.2, 0) is 22.7 Å². The molecule has 7 heteroatoms. The summed E-state index contributed by atoms with van der Waals surface area (Å²) in [5.41, 5.74) is 2.69. The number of imide groups is 1. The maximum atomic E-state index is 12.8. The van der Waals surface area contributed by atoms with Crippen LogP contribution in [0.25, 0.3) is 0 Å². The van der Waals surface area contributed by atoms with Crippen molar-refractivity contribution in [1.29, 1.82) is 0 Å². The Hall–Kier alpha value is -2.25. The van der Waals surface area contributed by atoms with Crippen molar-refractivity contribution >= 4 is 17.7 Å². The number of amides is 3. The zero-order valence-electron chi connectivity index (χ0n) is 14.0. The average Bonchev–Trinajstić information content (AvgIpc) is 3.22. The lowest BCUT2D eigenvalue weighted by Crippen LogP contribution is -2.52. The van der Waals surface area contributed by atoms with E-state index in [-0.39, 0.29) is 24.1 Å². The number of carbonyl (C=O) groups excluding carboxylic acids is 3. The van der Waals surface area contributed by atoms with Gasteiger partial charge in [-0.3, -0.25) is 19.7 Å². The third-order valence-electron chi connectivity index (χ3n) is 5.25. The molecule has 3 N–H and O–H groups in total. The van der Waals surface area contributed by atoms with Crippen LogP contribution >= 0.6 is 0 Å². The number of benzene rings is 1. The fourth-order valence-electron chi connectivity index (χ4n) is 3.80. The van der Waals surface area contributed by atoms with Crippen molar-refractivity contribution in [2.24, 2.45) is 0 Å². The highest BCUT2D eigenvalue weighted by Gasteiger charge is 2.39. The number of hydrogen-bond donors (Lipinski definition) is 3. The van der Waals surface area contributed by atoms with Crippen LogP contribution in [0.2, 0.25) is 0 Å². The molecule has 3 aliphatic heterocycles. The summed E-state index contributed by atoms with van der Waals surface area (Å²) in [6, 6.07) is 5.87. The monoisotopic (exact) mass is 342 g/mol. The summed E-state index contributed by atoms with van der Waals surface area (Å²) in [7, 11) is 0. The first-order valence-electron chi connectivity index (χ1n) is 8.82. The molecule has 0 aromatic heterocycles. The molecular weight excluding hydrogens is 320 g/mol. The Balaban J connectivity index is 1.46. The van der Waals surface area contributed by atoms with Gasteiger partial charge in [0.1, 0.15) is 6.04 Å². The van der Waals surface area contributed by atoms with Crippen LogP contribution in [0.1, 0.15) is 40.7 Å². The van der Waals surface area contributed by atoms with Crippen LogP contribution in [0.5, 0.6) is 0 Å². The van der Waals surface area contributed by atoms with Crippen LogP contribution < -0.4 is 16.0 Å². The number of rotatable bonds is 4. The van der Waals surface area contributed by atoms with E-state index in [2.05, 4.69) is 16.0 Å². The van der Waals surface area contributed by atoms with Gasteiger partial charge in [-0.1, -0.05) is 12.1 Å². The zero-order chi connectivity index (χ0) is 17.4. The summed E-state index contributed by atoms with van der Waals surface area (Å²) in [6.45, 7) is 3.18. The van der Waals surface area contributed by atoms with Crippen LogP contribution in [0.15, 0.2) is 18.2 Å². The Labute approximate surface area is 146 Å². The smallest absolute Gasteiger partial charge is 0.255 e. The number of carbonyl (C=O) groups is 3. The minimum atomic E-state index is -0.552. The second-order valence-electron chi connectivity index (χ2n) is 6.96. The molecule has 132 valence electrons. The quantitative estimate of drug-likeness (QED) is 0.665. The van der Waals surface area contributed by atoms with Gasteiger partial charge in [0.25, 0.3) is 5.91 Å². The molecule has 0 spiro atoms. The van der Waals surface area contributed by atoms with Gasteiger partial charge in [-0.25, -0.2) is 0 Å². The van der Waals surface area contributed by atoms with E-state index in [9.17, 15) is 14.4 Å². The molecule has 1 unspecified atom stereocenters. The molecule has 1 aromatic rings. The molecule has 2 saturated heterocycles. The van der Waals surface area contributed by atoms with Gasteiger partial charge in [0.15, 0.2) is 0 Å². The second-order valence-corrected chi connectivity index (χ2v) is 6.96. The van der Waals surface area contributed by atoms with Crippen molar-refractivity contribution in [3.8, 4) is 0 Å². The summed E-state index contributed by atoms with van der Waals surface area (Å²) in [5, 5.41) is 9.15. The van der Waals surface area contributed by atoms with Crippen LogP contribution in [-0.4, -0.2) is 47.8 Å². The summed E-state index contributed by atoms with van der Waals surface area (Å²) in [5.74, 6) is -0.748. The summed E-state index contributed by atoms with van der Waals surface area (Å²) in [4.78, 5) is 37.7. The maximum absolute atomic E-state index is 12.8. The van der Waals surface area contributed by atoms with Gasteiger partial charge in [-0.2, -0.15) is 0 Å². The van der Waals surface area contributed by atoms with Crippen LogP contribution in [0.4, 0.5) is 0 Å². The van der Waals surface area contributed by atoms with Crippen molar-refractivity contribution in [2.75, 3.05) is 13.1 Å². The van der Waals surface area contributed by atoms with Gasteiger partial charge < -0.3 is 15.5 Å². The minimum Gasteiger partial charge on any atom is -0.322 e. The Morgan fingerprint density at radius 2 is 2.08 bits per heavy atom. The minimum absolute atomic E-state index is 0.117. The molecule has 0 bridgehead atoms. The number of hydrogen-bond acceptors (Lipinski definition) is 5. The van der Waals surface area contributed by atoms with Crippen molar-refractivity contribution in [2.45, 2.75) is 44.4 Å². The molecule has 1 aromatic carbocycles. The first-order valence-corrected chi connectivity index (χ1v) is 8.82. The maximum Gasteiger partial charge on any atom is 0.255 e. The van der Waals surface area contributed by atoms with E-state index in [1.807, 2.05) is 18.2 Å². The van der Waals surface area contributed by atoms with Crippen molar-refractivity contribution in [3.05, 3.63) is 34.9 Å². The van der Waals surface area contributed by atoms with E-state index < -0.39 is 6.04 Å². The fourth-order valence-corrected chi connectivity index (χ4v) is 3.80. The first kappa shape index (κ1) is 16.2. The van der Waals surface area contributed by atoms with Crippen molar-refractivity contribution in [3.63, 3.8) is 0 Å². The summed E-state index contributed by atoms with van der Waals surface area (Å²) < 4.78 is 0. The van der Waals surface area contributed by atoms with Gasteiger partial charge in [-0.05, 0) is 36.6 Å². The standard InChI is InChI=1S/C18H22N4O3/c23-16-4-3-15(17(24)21-16)22-10-12-2-1-11(7-14(12)18(22)25)8-20-13-5-6-19-9-13/h1-2,7,13,15,19-20H,3-6,8-10H2,(H,21,23,24)/t13-,15?/m1/s1. The average molecular weight is 342 g/mol. The van der Waals surface area contributed by atoms with E-state index >= 15 is 0 Å².